The summed E-state index contributed by atoms with van der Waals surface area (Å²) < 4.78 is 33.0. The Labute approximate surface area is 193 Å². The number of nitrogens with zero attached hydrogens (tertiary/aromatic N) is 2. The zero-order valence-electron chi connectivity index (χ0n) is 19.2. The van der Waals surface area contributed by atoms with E-state index in [9.17, 15) is 22.8 Å². The van der Waals surface area contributed by atoms with Gasteiger partial charge in [-0.25, -0.2) is 8.42 Å². The number of anilines is 1. The molecule has 0 saturated carbocycles. The summed E-state index contributed by atoms with van der Waals surface area (Å²) in [5, 5.41) is 2.69. The third-order valence-corrected chi connectivity index (χ3v) is 7.30. The molecule has 1 heterocycles. The second-order valence-electron chi connectivity index (χ2n) is 7.80. The van der Waals surface area contributed by atoms with Crippen molar-refractivity contribution >= 4 is 33.4 Å². The van der Waals surface area contributed by atoms with Gasteiger partial charge in [-0.15, -0.1) is 0 Å². The van der Waals surface area contributed by atoms with Gasteiger partial charge in [0.1, 0.15) is 5.75 Å². The molecule has 0 bridgehead atoms. The zero-order chi connectivity index (χ0) is 24.5. The van der Waals surface area contributed by atoms with E-state index in [2.05, 4.69) is 5.32 Å². The normalized spacial score (nSPS) is 13.6. The molecule has 0 atom stereocenters. The standard InChI is InChI=1S/C23H27N3O6S/c1-6-26(7-2)33(30,31)16-9-11-20(32-14(3)4)19(13-16)24-21(27)15-8-10-17-18(12-15)23(29)25(5)22(17)28/h8-14H,6-7H2,1-5H3,(H,24,27). The van der Waals surface area contributed by atoms with Crippen molar-refractivity contribution in [3.63, 3.8) is 0 Å². The summed E-state index contributed by atoms with van der Waals surface area (Å²) in [5.41, 5.74) is 0.710. The molecular formula is C23H27N3O6S. The van der Waals surface area contributed by atoms with E-state index >= 15 is 0 Å². The molecule has 0 saturated heterocycles. The van der Waals surface area contributed by atoms with Crippen LogP contribution in [0, 0.1) is 0 Å². The number of carbonyl (C=O) groups excluding carboxylic acids is 3. The molecule has 0 aliphatic carbocycles. The molecule has 1 N–H and O–H groups in total. The van der Waals surface area contributed by atoms with E-state index in [1.54, 1.807) is 13.8 Å². The number of benzene rings is 2. The van der Waals surface area contributed by atoms with Crippen LogP contribution in [0.4, 0.5) is 5.69 Å². The van der Waals surface area contributed by atoms with Gasteiger partial charge in [0.15, 0.2) is 0 Å². The number of rotatable bonds is 8. The van der Waals surface area contributed by atoms with Crippen LogP contribution in [0.5, 0.6) is 5.75 Å². The number of carbonyl (C=O) groups is 3. The number of nitrogens with one attached hydrogen (secondary N) is 1. The first-order chi connectivity index (χ1) is 15.5. The number of hydrogen-bond acceptors (Lipinski definition) is 6. The predicted molar refractivity (Wildman–Crippen MR) is 123 cm³/mol. The van der Waals surface area contributed by atoms with Gasteiger partial charge in [-0.2, -0.15) is 4.31 Å². The van der Waals surface area contributed by atoms with Crippen LogP contribution in [0.15, 0.2) is 41.3 Å². The minimum absolute atomic E-state index is 0.0222. The molecule has 3 amide bonds. The molecule has 1 aliphatic heterocycles. The molecule has 33 heavy (non-hydrogen) atoms. The van der Waals surface area contributed by atoms with Gasteiger partial charge in [-0.1, -0.05) is 13.8 Å². The summed E-state index contributed by atoms with van der Waals surface area (Å²) in [4.78, 5) is 38.4. The van der Waals surface area contributed by atoms with Crippen LogP contribution in [0.1, 0.15) is 58.8 Å². The minimum atomic E-state index is -3.76. The number of amides is 3. The fraction of sp³-hybridized carbons (Fsp3) is 0.348. The lowest BCUT2D eigenvalue weighted by Gasteiger charge is -2.20. The Balaban J connectivity index is 1.99. The van der Waals surface area contributed by atoms with Crippen molar-refractivity contribution in [1.29, 1.82) is 0 Å². The monoisotopic (exact) mass is 473 g/mol. The minimum Gasteiger partial charge on any atom is -0.489 e. The van der Waals surface area contributed by atoms with E-state index in [1.165, 1.54) is 47.8 Å². The summed E-state index contributed by atoms with van der Waals surface area (Å²) in [7, 11) is -2.38. The van der Waals surface area contributed by atoms with Crippen molar-refractivity contribution in [2.45, 2.75) is 38.7 Å². The van der Waals surface area contributed by atoms with Gasteiger partial charge < -0.3 is 10.1 Å². The van der Waals surface area contributed by atoms with Crippen molar-refractivity contribution in [3.8, 4) is 5.75 Å². The molecule has 3 rings (SSSR count). The van der Waals surface area contributed by atoms with E-state index in [0.717, 1.165) is 4.90 Å². The Morgan fingerprint density at radius 2 is 1.67 bits per heavy atom. The van der Waals surface area contributed by atoms with Crippen LogP contribution >= 0.6 is 0 Å². The van der Waals surface area contributed by atoms with Crippen LogP contribution in [-0.2, 0) is 10.0 Å². The van der Waals surface area contributed by atoms with Gasteiger partial charge in [0.2, 0.25) is 10.0 Å². The highest BCUT2D eigenvalue weighted by molar-refractivity contribution is 7.89. The van der Waals surface area contributed by atoms with Gasteiger partial charge in [0, 0.05) is 25.7 Å². The van der Waals surface area contributed by atoms with Crippen LogP contribution in [0.25, 0.3) is 0 Å². The molecule has 0 fully saturated rings. The van der Waals surface area contributed by atoms with E-state index in [1.807, 2.05) is 13.8 Å². The van der Waals surface area contributed by atoms with Crippen molar-refractivity contribution in [1.82, 2.24) is 9.21 Å². The van der Waals surface area contributed by atoms with Crippen molar-refractivity contribution in [3.05, 3.63) is 53.1 Å². The first-order valence-electron chi connectivity index (χ1n) is 10.6. The summed E-state index contributed by atoms with van der Waals surface area (Å²) in [6.45, 7) is 7.73. The molecule has 0 radical (unpaired) electrons. The Bertz CT molecular complexity index is 1220. The number of imide groups is 1. The maximum absolute atomic E-state index is 13.0. The molecule has 0 spiro atoms. The summed E-state index contributed by atoms with van der Waals surface area (Å²) in [6.07, 6.45) is -0.218. The largest absolute Gasteiger partial charge is 0.489 e. The van der Waals surface area contributed by atoms with Crippen molar-refractivity contribution in [2.24, 2.45) is 0 Å². The van der Waals surface area contributed by atoms with Crippen LogP contribution in [-0.4, -0.2) is 61.6 Å². The lowest BCUT2D eigenvalue weighted by atomic mass is 10.1. The van der Waals surface area contributed by atoms with Crippen LogP contribution in [0.3, 0.4) is 0 Å². The third kappa shape index (κ3) is 4.62. The molecule has 2 aromatic rings. The highest BCUT2D eigenvalue weighted by Gasteiger charge is 2.33. The highest BCUT2D eigenvalue weighted by atomic mass is 32.2. The molecular weight excluding hydrogens is 446 g/mol. The van der Waals surface area contributed by atoms with E-state index in [0.29, 0.717) is 18.8 Å². The Morgan fingerprint density at radius 1 is 1.03 bits per heavy atom. The second-order valence-corrected chi connectivity index (χ2v) is 9.74. The average molecular weight is 474 g/mol. The van der Waals surface area contributed by atoms with Gasteiger partial charge >= 0.3 is 0 Å². The molecule has 9 nitrogen and oxygen atoms in total. The Morgan fingerprint density at radius 3 is 2.27 bits per heavy atom. The topological polar surface area (TPSA) is 113 Å². The lowest BCUT2D eigenvalue weighted by molar-refractivity contribution is 0.0693. The quantitative estimate of drug-likeness (QED) is 0.590. The van der Waals surface area contributed by atoms with Gasteiger partial charge in [0.05, 0.1) is 27.8 Å². The summed E-state index contributed by atoms with van der Waals surface area (Å²) >= 11 is 0. The lowest BCUT2D eigenvalue weighted by Crippen LogP contribution is -2.30. The average Bonchev–Trinajstić information content (AvgIpc) is 2.98. The SMILES string of the molecule is CCN(CC)S(=O)(=O)c1ccc(OC(C)C)c(NC(=O)c2ccc3c(c2)C(=O)N(C)C3=O)c1. The van der Waals surface area contributed by atoms with Crippen molar-refractivity contribution < 1.29 is 27.5 Å². The van der Waals surface area contributed by atoms with Gasteiger partial charge in [-0.05, 0) is 50.2 Å². The number of hydrogen-bond donors (Lipinski definition) is 1. The maximum Gasteiger partial charge on any atom is 0.261 e. The Kier molecular flexibility index (Phi) is 6.89. The molecule has 2 aromatic carbocycles. The Hall–Kier alpha value is -3.24. The smallest absolute Gasteiger partial charge is 0.261 e. The molecule has 176 valence electrons. The maximum atomic E-state index is 13.0. The highest BCUT2D eigenvalue weighted by Crippen LogP contribution is 2.31. The molecule has 0 unspecified atom stereocenters. The first-order valence-corrected chi connectivity index (χ1v) is 12.0. The number of ether oxygens (including phenoxy) is 1. The fourth-order valence-corrected chi connectivity index (χ4v) is 5.02. The summed E-state index contributed by atoms with van der Waals surface area (Å²) in [6, 6.07) is 8.54. The summed E-state index contributed by atoms with van der Waals surface area (Å²) in [5.74, 6) is -1.17. The van der Waals surface area contributed by atoms with Crippen molar-refractivity contribution in [2.75, 3.05) is 25.5 Å². The molecule has 10 heteroatoms. The molecule has 0 aromatic heterocycles. The van der Waals surface area contributed by atoms with Gasteiger partial charge in [-0.3, -0.25) is 19.3 Å². The number of sulfonamides is 1. The van der Waals surface area contributed by atoms with Crippen LogP contribution < -0.4 is 10.1 Å². The van der Waals surface area contributed by atoms with Gasteiger partial charge in [0.25, 0.3) is 17.7 Å². The number of fused-ring (bicyclic) bond motifs is 1. The second kappa shape index (κ2) is 9.32. The van der Waals surface area contributed by atoms with Crippen LogP contribution in [0.2, 0.25) is 0 Å². The zero-order valence-corrected chi connectivity index (χ0v) is 20.0. The molecule has 1 aliphatic rings. The predicted octanol–water partition coefficient (Wildman–Crippen LogP) is 2.98. The van der Waals surface area contributed by atoms with E-state index in [4.69, 9.17) is 4.74 Å². The third-order valence-electron chi connectivity index (χ3n) is 5.26. The fourth-order valence-electron chi connectivity index (χ4n) is 3.53. The first kappa shape index (κ1) is 24.4. The van der Waals surface area contributed by atoms with E-state index < -0.39 is 27.7 Å². The van der Waals surface area contributed by atoms with E-state index in [-0.39, 0.29) is 33.4 Å².